The SMILES string of the molecule is CCCCCc1ccc(N2CCC(C)(C)CC2)c(C#N)c1. The minimum atomic E-state index is 0.448. The van der Waals surface area contributed by atoms with Crippen molar-refractivity contribution in [1.29, 1.82) is 5.26 Å². The van der Waals surface area contributed by atoms with Gasteiger partial charge < -0.3 is 4.90 Å². The highest BCUT2D eigenvalue weighted by Crippen LogP contribution is 2.33. The molecule has 1 aromatic carbocycles. The van der Waals surface area contributed by atoms with Gasteiger partial charge in [-0.15, -0.1) is 0 Å². The molecule has 21 heavy (non-hydrogen) atoms. The molecule has 2 heteroatoms. The van der Waals surface area contributed by atoms with E-state index in [0.717, 1.165) is 30.8 Å². The van der Waals surface area contributed by atoms with E-state index in [-0.39, 0.29) is 0 Å². The summed E-state index contributed by atoms with van der Waals surface area (Å²) in [5, 5.41) is 9.47. The van der Waals surface area contributed by atoms with Crippen molar-refractivity contribution >= 4 is 5.69 Å². The van der Waals surface area contributed by atoms with Crippen LogP contribution >= 0.6 is 0 Å². The van der Waals surface area contributed by atoms with Crippen molar-refractivity contribution in [2.45, 2.75) is 59.3 Å². The first-order chi connectivity index (χ1) is 10.1. The van der Waals surface area contributed by atoms with Gasteiger partial charge in [0.05, 0.1) is 11.3 Å². The van der Waals surface area contributed by atoms with Gasteiger partial charge in [0.1, 0.15) is 6.07 Å². The standard InChI is InChI=1S/C19H28N2/c1-4-5-6-7-16-8-9-18(17(14-16)15-20)21-12-10-19(2,3)11-13-21/h8-9,14H,4-7,10-13H2,1-3H3. The van der Waals surface area contributed by atoms with E-state index in [1.54, 1.807) is 0 Å². The largest absolute Gasteiger partial charge is 0.370 e. The number of unbranched alkanes of at least 4 members (excludes halogenated alkanes) is 2. The molecule has 1 heterocycles. The third kappa shape index (κ3) is 4.24. The summed E-state index contributed by atoms with van der Waals surface area (Å²) in [4.78, 5) is 2.39. The average molecular weight is 284 g/mol. The number of benzene rings is 1. The molecule has 0 amide bonds. The first-order valence-corrected chi connectivity index (χ1v) is 8.34. The smallest absolute Gasteiger partial charge is 0.101 e. The van der Waals surface area contributed by atoms with Crippen LogP contribution in [0.25, 0.3) is 0 Å². The maximum atomic E-state index is 9.47. The van der Waals surface area contributed by atoms with E-state index in [1.165, 1.54) is 37.7 Å². The maximum absolute atomic E-state index is 9.47. The van der Waals surface area contributed by atoms with Gasteiger partial charge in [0.25, 0.3) is 0 Å². The Kier molecular flexibility index (Phi) is 5.28. The molecule has 1 saturated heterocycles. The number of nitrogens with zero attached hydrogens (tertiary/aromatic N) is 2. The summed E-state index contributed by atoms with van der Waals surface area (Å²) in [6, 6.07) is 8.88. The molecule has 0 aliphatic carbocycles. The van der Waals surface area contributed by atoms with Crippen molar-refractivity contribution in [3.8, 4) is 6.07 Å². The molecule has 0 atom stereocenters. The summed E-state index contributed by atoms with van der Waals surface area (Å²) < 4.78 is 0. The monoisotopic (exact) mass is 284 g/mol. The summed E-state index contributed by atoms with van der Waals surface area (Å²) in [6.07, 6.45) is 7.23. The molecule has 2 rings (SSSR count). The lowest BCUT2D eigenvalue weighted by atomic mass is 9.82. The van der Waals surface area contributed by atoms with Gasteiger partial charge in [0.15, 0.2) is 0 Å². The Morgan fingerprint density at radius 1 is 1.19 bits per heavy atom. The minimum Gasteiger partial charge on any atom is -0.370 e. The second-order valence-corrected chi connectivity index (χ2v) is 7.07. The molecular weight excluding hydrogens is 256 g/mol. The van der Waals surface area contributed by atoms with Crippen LogP contribution in [0.2, 0.25) is 0 Å². The van der Waals surface area contributed by atoms with E-state index < -0.39 is 0 Å². The number of aryl methyl sites for hydroxylation is 1. The Morgan fingerprint density at radius 3 is 2.52 bits per heavy atom. The quantitative estimate of drug-likeness (QED) is 0.718. The van der Waals surface area contributed by atoms with Crippen LogP contribution in [-0.4, -0.2) is 13.1 Å². The average Bonchev–Trinajstić information content (AvgIpc) is 2.48. The molecule has 1 fully saturated rings. The van der Waals surface area contributed by atoms with E-state index in [9.17, 15) is 5.26 Å². The van der Waals surface area contributed by atoms with Gasteiger partial charge in [-0.3, -0.25) is 0 Å². The van der Waals surface area contributed by atoms with Crippen molar-refractivity contribution in [1.82, 2.24) is 0 Å². The molecule has 1 aromatic rings. The lowest BCUT2D eigenvalue weighted by Crippen LogP contribution is -2.37. The van der Waals surface area contributed by atoms with Crippen LogP contribution in [0.3, 0.4) is 0 Å². The van der Waals surface area contributed by atoms with E-state index in [0.29, 0.717) is 5.41 Å². The maximum Gasteiger partial charge on any atom is 0.101 e. The zero-order valence-corrected chi connectivity index (χ0v) is 13.8. The molecule has 0 saturated carbocycles. The number of rotatable bonds is 5. The fourth-order valence-corrected chi connectivity index (χ4v) is 3.04. The van der Waals surface area contributed by atoms with Crippen molar-refractivity contribution in [3.05, 3.63) is 29.3 Å². The zero-order chi connectivity index (χ0) is 15.3. The molecule has 0 spiro atoms. The number of hydrogen-bond donors (Lipinski definition) is 0. The van der Waals surface area contributed by atoms with Gasteiger partial charge in [-0.25, -0.2) is 0 Å². The Labute approximate surface area is 129 Å². The summed E-state index contributed by atoms with van der Waals surface area (Å²) in [5.74, 6) is 0. The van der Waals surface area contributed by atoms with Gasteiger partial charge in [-0.2, -0.15) is 5.26 Å². The van der Waals surface area contributed by atoms with Gasteiger partial charge in [0.2, 0.25) is 0 Å². The van der Waals surface area contributed by atoms with Crippen LogP contribution in [0, 0.1) is 16.7 Å². The molecule has 0 radical (unpaired) electrons. The van der Waals surface area contributed by atoms with Gasteiger partial charge >= 0.3 is 0 Å². The second kappa shape index (κ2) is 6.98. The van der Waals surface area contributed by atoms with E-state index >= 15 is 0 Å². The van der Waals surface area contributed by atoms with Crippen molar-refractivity contribution in [2.24, 2.45) is 5.41 Å². The lowest BCUT2D eigenvalue weighted by Gasteiger charge is -2.38. The Bertz CT molecular complexity index is 501. The fourth-order valence-electron chi connectivity index (χ4n) is 3.04. The summed E-state index contributed by atoms with van der Waals surface area (Å²) in [5.41, 5.74) is 3.74. The molecule has 1 aliphatic rings. The number of hydrogen-bond acceptors (Lipinski definition) is 2. The van der Waals surface area contributed by atoms with Crippen LogP contribution in [0.5, 0.6) is 0 Å². The lowest BCUT2D eigenvalue weighted by molar-refractivity contribution is 0.280. The van der Waals surface area contributed by atoms with Crippen molar-refractivity contribution in [2.75, 3.05) is 18.0 Å². The van der Waals surface area contributed by atoms with Crippen LogP contribution in [0.15, 0.2) is 18.2 Å². The van der Waals surface area contributed by atoms with E-state index in [1.807, 2.05) is 0 Å². The molecule has 0 aromatic heterocycles. The summed E-state index contributed by atoms with van der Waals surface area (Å²) in [6.45, 7) is 9.04. The summed E-state index contributed by atoms with van der Waals surface area (Å²) >= 11 is 0. The predicted molar refractivity (Wildman–Crippen MR) is 89.6 cm³/mol. The molecule has 1 aliphatic heterocycles. The second-order valence-electron chi connectivity index (χ2n) is 7.07. The van der Waals surface area contributed by atoms with E-state index in [4.69, 9.17) is 0 Å². The number of nitriles is 1. The van der Waals surface area contributed by atoms with Crippen LogP contribution < -0.4 is 4.90 Å². The fraction of sp³-hybridized carbons (Fsp3) is 0.632. The first-order valence-electron chi connectivity index (χ1n) is 8.34. The van der Waals surface area contributed by atoms with Crippen LogP contribution in [-0.2, 0) is 6.42 Å². The normalized spacial score (nSPS) is 17.5. The summed E-state index contributed by atoms with van der Waals surface area (Å²) in [7, 11) is 0. The molecule has 0 N–H and O–H groups in total. The highest BCUT2D eigenvalue weighted by Gasteiger charge is 2.26. The highest BCUT2D eigenvalue weighted by atomic mass is 15.1. The van der Waals surface area contributed by atoms with Crippen molar-refractivity contribution in [3.63, 3.8) is 0 Å². The van der Waals surface area contributed by atoms with Crippen LogP contribution in [0.4, 0.5) is 5.69 Å². The molecule has 2 nitrogen and oxygen atoms in total. The zero-order valence-electron chi connectivity index (χ0n) is 13.8. The topological polar surface area (TPSA) is 27.0 Å². The van der Waals surface area contributed by atoms with Crippen LogP contribution in [0.1, 0.15) is 64.0 Å². The van der Waals surface area contributed by atoms with E-state index in [2.05, 4.69) is 49.9 Å². The third-order valence-corrected chi connectivity index (χ3v) is 4.71. The molecular formula is C19H28N2. The Balaban J connectivity index is 2.08. The Hall–Kier alpha value is -1.49. The van der Waals surface area contributed by atoms with Gasteiger partial charge in [-0.1, -0.05) is 39.7 Å². The molecule has 114 valence electrons. The highest BCUT2D eigenvalue weighted by molar-refractivity contribution is 5.60. The molecule has 0 bridgehead atoms. The van der Waals surface area contributed by atoms with Crippen molar-refractivity contribution < 1.29 is 0 Å². The van der Waals surface area contributed by atoms with Gasteiger partial charge in [0, 0.05) is 13.1 Å². The Morgan fingerprint density at radius 2 is 1.90 bits per heavy atom. The van der Waals surface area contributed by atoms with Gasteiger partial charge in [-0.05, 0) is 48.8 Å². The number of anilines is 1. The first kappa shape index (κ1) is 15.9. The molecule has 0 unspecified atom stereocenters. The third-order valence-electron chi connectivity index (χ3n) is 4.71. The minimum absolute atomic E-state index is 0.448. The number of piperidine rings is 1. The predicted octanol–water partition coefficient (Wildman–Crippen LogP) is 4.92.